The predicted octanol–water partition coefficient (Wildman–Crippen LogP) is 2.20. The fourth-order valence-corrected chi connectivity index (χ4v) is 3.18. The van der Waals surface area contributed by atoms with E-state index in [-0.39, 0.29) is 6.04 Å². The zero-order valence-corrected chi connectivity index (χ0v) is 11.9. The fourth-order valence-electron chi connectivity index (χ4n) is 2.37. The van der Waals surface area contributed by atoms with E-state index in [9.17, 15) is 0 Å². The number of rotatable bonds is 4. The lowest BCUT2D eigenvalue weighted by atomic mass is 9.99. The third kappa shape index (κ3) is 2.18. The molecule has 3 aromatic rings. The molecule has 0 bridgehead atoms. The average molecular weight is 285 g/mol. The Morgan fingerprint density at radius 3 is 3.00 bits per heavy atom. The SMILES string of the molecule is CCc1nnsc1C(NN)c1cccc2ncccc12. The van der Waals surface area contributed by atoms with Crippen LogP contribution in [0.3, 0.4) is 0 Å². The molecule has 0 aliphatic rings. The molecule has 0 aliphatic heterocycles. The van der Waals surface area contributed by atoms with Gasteiger partial charge in [0.05, 0.1) is 22.1 Å². The lowest BCUT2D eigenvalue weighted by molar-refractivity contribution is 0.643. The van der Waals surface area contributed by atoms with Crippen molar-refractivity contribution in [1.82, 2.24) is 20.0 Å². The van der Waals surface area contributed by atoms with E-state index >= 15 is 0 Å². The summed E-state index contributed by atoms with van der Waals surface area (Å²) in [4.78, 5) is 5.45. The van der Waals surface area contributed by atoms with Crippen molar-refractivity contribution in [2.24, 2.45) is 5.84 Å². The summed E-state index contributed by atoms with van der Waals surface area (Å²) in [6.45, 7) is 2.07. The Labute approximate surface area is 121 Å². The minimum Gasteiger partial charge on any atom is -0.271 e. The molecular formula is C14H15N5S. The van der Waals surface area contributed by atoms with Gasteiger partial charge >= 0.3 is 0 Å². The molecule has 3 N–H and O–H groups in total. The van der Waals surface area contributed by atoms with Crippen molar-refractivity contribution in [3.63, 3.8) is 0 Å². The van der Waals surface area contributed by atoms with Gasteiger partial charge < -0.3 is 0 Å². The molecule has 0 saturated heterocycles. The smallest absolute Gasteiger partial charge is 0.0844 e. The van der Waals surface area contributed by atoms with Gasteiger partial charge in [-0.25, -0.2) is 5.43 Å². The molecule has 1 atom stereocenters. The van der Waals surface area contributed by atoms with Crippen LogP contribution in [-0.2, 0) is 6.42 Å². The van der Waals surface area contributed by atoms with Crippen molar-refractivity contribution in [3.8, 4) is 0 Å². The van der Waals surface area contributed by atoms with Gasteiger partial charge in [-0.3, -0.25) is 10.8 Å². The van der Waals surface area contributed by atoms with Gasteiger partial charge in [-0.15, -0.1) is 5.10 Å². The lowest BCUT2D eigenvalue weighted by Gasteiger charge is -2.17. The standard InChI is InChI=1S/C14H15N5S/c1-2-11-14(20-19-18-11)13(17-15)10-5-3-7-12-9(10)6-4-8-16-12/h3-8,13,17H,2,15H2,1H3. The molecular weight excluding hydrogens is 270 g/mol. The first kappa shape index (κ1) is 13.1. The predicted molar refractivity (Wildman–Crippen MR) is 80.2 cm³/mol. The van der Waals surface area contributed by atoms with E-state index < -0.39 is 0 Å². The number of aryl methyl sites for hydroxylation is 1. The van der Waals surface area contributed by atoms with Crippen LogP contribution in [0.4, 0.5) is 0 Å². The Bertz CT molecular complexity index is 719. The second kappa shape index (κ2) is 5.62. The number of hydrazine groups is 1. The monoisotopic (exact) mass is 285 g/mol. The molecule has 0 spiro atoms. The molecule has 6 heteroatoms. The normalized spacial score (nSPS) is 12.7. The van der Waals surface area contributed by atoms with Crippen molar-refractivity contribution in [2.75, 3.05) is 0 Å². The van der Waals surface area contributed by atoms with E-state index in [2.05, 4.69) is 39.1 Å². The average Bonchev–Trinajstić information content (AvgIpc) is 2.97. The number of benzene rings is 1. The number of nitrogens with two attached hydrogens (primary N) is 1. The van der Waals surface area contributed by atoms with Crippen LogP contribution in [0.1, 0.15) is 29.1 Å². The van der Waals surface area contributed by atoms with Crippen LogP contribution in [0.25, 0.3) is 10.9 Å². The van der Waals surface area contributed by atoms with E-state index in [1.807, 2.05) is 18.2 Å². The van der Waals surface area contributed by atoms with Crippen LogP contribution >= 0.6 is 11.5 Å². The Kier molecular flexibility index (Phi) is 3.68. The van der Waals surface area contributed by atoms with Gasteiger partial charge in [0.25, 0.3) is 0 Å². The summed E-state index contributed by atoms with van der Waals surface area (Å²) in [5.74, 6) is 5.79. The molecule has 2 aromatic heterocycles. The molecule has 1 aromatic carbocycles. The molecule has 0 saturated carbocycles. The van der Waals surface area contributed by atoms with Gasteiger partial charge in [-0.2, -0.15) is 0 Å². The molecule has 0 aliphatic carbocycles. The fraction of sp³-hybridized carbons (Fsp3) is 0.214. The summed E-state index contributed by atoms with van der Waals surface area (Å²) in [7, 11) is 0. The Hall–Kier alpha value is -1.89. The molecule has 5 nitrogen and oxygen atoms in total. The highest BCUT2D eigenvalue weighted by atomic mass is 32.1. The van der Waals surface area contributed by atoms with Gasteiger partial charge in [0.1, 0.15) is 0 Å². The van der Waals surface area contributed by atoms with Gasteiger partial charge in [-0.05, 0) is 35.6 Å². The van der Waals surface area contributed by atoms with Crippen LogP contribution in [0.5, 0.6) is 0 Å². The first-order valence-corrected chi connectivity index (χ1v) is 7.23. The highest BCUT2D eigenvalue weighted by Crippen LogP contribution is 2.31. The maximum Gasteiger partial charge on any atom is 0.0844 e. The van der Waals surface area contributed by atoms with E-state index in [1.54, 1.807) is 6.20 Å². The van der Waals surface area contributed by atoms with Crippen LogP contribution in [0.15, 0.2) is 36.5 Å². The zero-order chi connectivity index (χ0) is 13.9. The molecule has 102 valence electrons. The lowest BCUT2D eigenvalue weighted by Crippen LogP contribution is -2.29. The van der Waals surface area contributed by atoms with Crippen molar-refractivity contribution >= 4 is 22.4 Å². The summed E-state index contributed by atoms with van der Waals surface area (Å²) >= 11 is 1.39. The minimum absolute atomic E-state index is 0.113. The number of fused-ring (bicyclic) bond motifs is 1. The summed E-state index contributed by atoms with van der Waals surface area (Å²) in [6, 6.07) is 9.94. The number of pyridine rings is 1. The van der Waals surface area contributed by atoms with Crippen molar-refractivity contribution in [2.45, 2.75) is 19.4 Å². The highest BCUT2D eigenvalue weighted by molar-refractivity contribution is 7.05. The molecule has 3 rings (SSSR count). The van der Waals surface area contributed by atoms with Crippen LogP contribution < -0.4 is 11.3 Å². The quantitative estimate of drug-likeness (QED) is 0.567. The Morgan fingerprint density at radius 1 is 1.30 bits per heavy atom. The maximum atomic E-state index is 5.79. The second-order valence-corrected chi connectivity index (χ2v) is 5.24. The van der Waals surface area contributed by atoms with E-state index in [4.69, 9.17) is 5.84 Å². The molecule has 0 amide bonds. The maximum absolute atomic E-state index is 5.79. The molecule has 1 unspecified atom stereocenters. The zero-order valence-electron chi connectivity index (χ0n) is 11.1. The van der Waals surface area contributed by atoms with E-state index in [0.717, 1.165) is 33.5 Å². The third-order valence-corrected chi connectivity index (χ3v) is 4.17. The van der Waals surface area contributed by atoms with Gasteiger partial charge in [-0.1, -0.05) is 29.6 Å². The molecule has 20 heavy (non-hydrogen) atoms. The van der Waals surface area contributed by atoms with Crippen molar-refractivity contribution in [1.29, 1.82) is 0 Å². The highest BCUT2D eigenvalue weighted by Gasteiger charge is 2.21. The first-order valence-electron chi connectivity index (χ1n) is 6.46. The number of hydrogen-bond acceptors (Lipinski definition) is 6. The number of nitrogens with zero attached hydrogens (tertiary/aromatic N) is 3. The van der Waals surface area contributed by atoms with Gasteiger partial charge in [0.2, 0.25) is 0 Å². The first-order chi connectivity index (χ1) is 9.85. The van der Waals surface area contributed by atoms with E-state index in [1.165, 1.54) is 11.5 Å². The number of nitrogens with one attached hydrogen (secondary N) is 1. The van der Waals surface area contributed by atoms with Gasteiger partial charge in [0.15, 0.2) is 0 Å². The summed E-state index contributed by atoms with van der Waals surface area (Å²) in [5, 5.41) is 5.26. The van der Waals surface area contributed by atoms with Crippen molar-refractivity contribution < 1.29 is 0 Å². The van der Waals surface area contributed by atoms with Gasteiger partial charge in [0, 0.05) is 11.6 Å². The summed E-state index contributed by atoms with van der Waals surface area (Å²) in [5.41, 5.74) is 5.93. The topological polar surface area (TPSA) is 76.7 Å². The summed E-state index contributed by atoms with van der Waals surface area (Å²) < 4.78 is 4.05. The van der Waals surface area contributed by atoms with Crippen molar-refractivity contribution in [3.05, 3.63) is 52.7 Å². The third-order valence-electron chi connectivity index (χ3n) is 3.34. The Balaban J connectivity index is 2.17. The van der Waals surface area contributed by atoms with Crippen LogP contribution in [-0.4, -0.2) is 14.6 Å². The Morgan fingerprint density at radius 2 is 2.20 bits per heavy atom. The number of hydrogen-bond donors (Lipinski definition) is 2. The molecule has 2 heterocycles. The second-order valence-electron chi connectivity index (χ2n) is 4.45. The molecule has 0 fully saturated rings. The number of aromatic nitrogens is 3. The van der Waals surface area contributed by atoms with Crippen LogP contribution in [0.2, 0.25) is 0 Å². The largest absolute Gasteiger partial charge is 0.271 e. The molecule has 0 radical (unpaired) electrons. The van der Waals surface area contributed by atoms with Crippen LogP contribution in [0, 0.1) is 0 Å². The summed E-state index contributed by atoms with van der Waals surface area (Å²) in [6.07, 6.45) is 2.63. The minimum atomic E-state index is -0.113. The van der Waals surface area contributed by atoms with E-state index in [0.29, 0.717) is 0 Å².